The molecule has 188 valence electrons. The Kier molecular flexibility index (Phi) is 17.0. The largest absolute Gasteiger partial charge is 1.00 e. The summed E-state index contributed by atoms with van der Waals surface area (Å²) in [5, 5.41) is 70.2. The van der Waals surface area contributed by atoms with Crippen LogP contribution in [0.15, 0.2) is 0 Å². The zero-order valence-corrected chi connectivity index (χ0v) is 20.0. The van der Waals surface area contributed by atoms with Gasteiger partial charge in [-0.1, -0.05) is 26.7 Å². The molecule has 1 fully saturated rings. The van der Waals surface area contributed by atoms with Gasteiger partial charge in [-0.2, -0.15) is 0 Å². The minimum Gasteiger partial charge on any atom is -1.00 e. The molecule has 0 amide bonds. The number of aliphatic hydroxyl groups excluding tert-OH is 7. The molecular weight excluding hydrogens is 452 g/mol. The Balaban J connectivity index is 0.00000900. The summed E-state index contributed by atoms with van der Waals surface area (Å²) in [6, 6.07) is 0. The second-order valence-electron chi connectivity index (χ2n) is 7.83. The Labute approximate surface area is 194 Å². The van der Waals surface area contributed by atoms with Gasteiger partial charge in [-0.3, -0.25) is 0 Å². The second-order valence-corrected chi connectivity index (χ2v) is 10.2. The van der Waals surface area contributed by atoms with Crippen molar-refractivity contribution in [3.63, 3.8) is 0 Å². The molecule has 0 aromatic carbocycles. The van der Waals surface area contributed by atoms with Crippen molar-refractivity contribution in [2.24, 2.45) is 0 Å². The number of unbranched alkanes of at least 4 members (excludes halogenated alkanes) is 2. The van der Waals surface area contributed by atoms with Crippen LogP contribution in [0.25, 0.3) is 0 Å². The first-order valence-electron chi connectivity index (χ1n) is 10.8. The van der Waals surface area contributed by atoms with E-state index in [1.165, 1.54) is 0 Å². The predicted octanol–water partition coefficient (Wildman–Crippen LogP) is -4.85. The van der Waals surface area contributed by atoms with Gasteiger partial charge in [-0.15, -0.1) is 0 Å². The van der Waals surface area contributed by atoms with Gasteiger partial charge < -0.3 is 57.6 Å². The zero-order chi connectivity index (χ0) is 22.7. The Morgan fingerprint density at radius 3 is 2.03 bits per heavy atom. The van der Waals surface area contributed by atoms with Crippen LogP contribution in [0.2, 0.25) is 0 Å². The van der Waals surface area contributed by atoms with Crippen molar-refractivity contribution in [3.05, 3.63) is 0 Å². The molecule has 7 N–H and O–H groups in total. The predicted molar refractivity (Wildman–Crippen MR) is 114 cm³/mol. The van der Waals surface area contributed by atoms with Crippen molar-refractivity contribution in [2.45, 2.75) is 87.5 Å². The van der Waals surface area contributed by atoms with Crippen LogP contribution in [-0.2, 0) is 20.4 Å². The molecule has 1 heterocycles. The van der Waals surface area contributed by atoms with Crippen molar-refractivity contribution < 1.29 is 57.6 Å². The summed E-state index contributed by atoms with van der Waals surface area (Å²) in [6.45, 7) is 3.92. The lowest BCUT2D eigenvalue weighted by Gasteiger charge is -2.33. The number of hydrogen-bond acceptors (Lipinski definition) is 9. The van der Waals surface area contributed by atoms with Crippen LogP contribution in [0.3, 0.4) is 0 Å². The molecule has 0 spiro atoms. The fourth-order valence-corrected chi connectivity index (χ4v) is 6.14. The first-order chi connectivity index (χ1) is 14.3. The summed E-state index contributed by atoms with van der Waals surface area (Å²) in [7, 11) is -0.724. The highest BCUT2D eigenvalue weighted by Gasteiger charge is 2.51. The fraction of sp³-hybridized carbons (Fsp3) is 1.00. The molecule has 0 saturated carbocycles. The van der Waals surface area contributed by atoms with Crippen LogP contribution in [0.4, 0.5) is 0 Å². The molecule has 11 heteroatoms. The average molecular weight is 493 g/mol. The number of halogens is 1. The molecule has 9 nitrogen and oxygen atoms in total. The molecule has 1 rings (SSSR count). The van der Waals surface area contributed by atoms with Crippen LogP contribution < -0.4 is 12.4 Å². The lowest BCUT2D eigenvalue weighted by Crippen LogP contribution is -3.00. The van der Waals surface area contributed by atoms with Crippen LogP contribution in [-0.4, -0.2) is 122 Å². The van der Waals surface area contributed by atoms with Crippen LogP contribution in [0.5, 0.6) is 0 Å². The molecule has 0 aliphatic carbocycles. The van der Waals surface area contributed by atoms with Gasteiger partial charge in [0.15, 0.2) is 5.25 Å². The normalized spacial score (nSPS) is 28.5. The SMILES string of the molecule is CCCCO[C@@H]([C@@H](O)[C@H](O)[C@H](O)C[S+]1C[C@@H](O)[C@H](O)[C@H]1CO)[C@H](CO)OCCCC.[Cl-]. The average Bonchev–Trinajstić information content (AvgIpc) is 3.00. The lowest BCUT2D eigenvalue weighted by atomic mass is 9.99. The smallest absolute Gasteiger partial charge is 0.169 e. The maximum absolute atomic E-state index is 10.7. The van der Waals surface area contributed by atoms with E-state index in [4.69, 9.17) is 9.47 Å². The first-order valence-corrected chi connectivity index (χ1v) is 12.5. The molecule has 0 radical (unpaired) electrons. The van der Waals surface area contributed by atoms with E-state index in [1.807, 2.05) is 13.8 Å². The monoisotopic (exact) mass is 492 g/mol. The summed E-state index contributed by atoms with van der Waals surface area (Å²) in [6.07, 6.45) is -5.14. The van der Waals surface area contributed by atoms with E-state index in [2.05, 4.69) is 0 Å². The topological polar surface area (TPSA) is 160 Å². The van der Waals surface area contributed by atoms with Gasteiger partial charge in [0.05, 0.1) is 13.2 Å². The summed E-state index contributed by atoms with van der Waals surface area (Å²) in [5.41, 5.74) is 0. The molecule has 0 aromatic rings. The number of hydrogen-bond donors (Lipinski definition) is 7. The molecule has 31 heavy (non-hydrogen) atoms. The van der Waals surface area contributed by atoms with Gasteiger partial charge in [0, 0.05) is 24.1 Å². The van der Waals surface area contributed by atoms with Crippen molar-refractivity contribution in [1.82, 2.24) is 0 Å². The number of ether oxygens (including phenoxy) is 2. The molecular formula is C20H41ClO9S. The molecule has 0 aromatic heterocycles. The van der Waals surface area contributed by atoms with E-state index >= 15 is 0 Å². The third-order valence-electron chi connectivity index (χ3n) is 5.42. The van der Waals surface area contributed by atoms with Crippen molar-refractivity contribution in [2.75, 3.05) is 37.9 Å². The lowest BCUT2D eigenvalue weighted by molar-refractivity contribution is -0.172. The van der Waals surface area contributed by atoms with Crippen LogP contribution in [0.1, 0.15) is 39.5 Å². The molecule has 1 saturated heterocycles. The Hall–Kier alpha value is 0.280. The Morgan fingerprint density at radius 1 is 0.935 bits per heavy atom. The molecule has 1 aliphatic heterocycles. The molecule has 1 aliphatic rings. The van der Waals surface area contributed by atoms with Crippen LogP contribution >= 0.6 is 0 Å². The quantitative estimate of drug-likeness (QED) is 0.0827. The highest BCUT2D eigenvalue weighted by molar-refractivity contribution is 7.97. The van der Waals surface area contributed by atoms with Gasteiger partial charge in [-0.05, 0) is 12.8 Å². The van der Waals surface area contributed by atoms with Crippen molar-refractivity contribution >= 4 is 10.9 Å². The van der Waals surface area contributed by atoms with E-state index in [0.717, 1.165) is 25.7 Å². The molecule has 0 bridgehead atoms. The van der Waals surface area contributed by atoms with Crippen LogP contribution in [0, 0.1) is 0 Å². The third kappa shape index (κ3) is 9.58. The minimum atomic E-state index is -1.58. The number of aliphatic hydroxyl groups is 7. The standard InChI is InChI=1S/C20H41O9S.ClH/c1-3-5-7-28-15(9-21)20(29-8-6-4-2)19(27)18(26)14(24)12-30-11-13(23)17(25)16(30)10-22;/h13-27H,3-12H2,1-2H3;1H/q+1;/p-1/t13-,14-,15+,16-,17+,18-,19+,20-,30?;/m1./s1. The number of rotatable bonds is 16. The van der Waals surface area contributed by atoms with E-state index in [0.29, 0.717) is 13.2 Å². The van der Waals surface area contributed by atoms with Crippen molar-refractivity contribution in [1.29, 1.82) is 0 Å². The Morgan fingerprint density at radius 2 is 1.52 bits per heavy atom. The van der Waals surface area contributed by atoms with Gasteiger partial charge >= 0.3 is 0 Å². The van der Waals surface area contributed by atoms with E-state index in [1.54, 1.807) is 0 Å². The Bertz CT molecular complexity index is 451. The maximum Gasteiger partial charge on any atom is 0.169 e. The molecule has 1 unspecified atom stereocenters. The highest BCUT2D eigenvalue weighted by atomic mass is 35.5. The summed E-state index contributed by atoms with van der Waals surface area (Å²) < 4.78 is 11.4. The van der Waals surface area contributed by atoms with E-state index in [9.17, 15) is 35.7 Å². The van der Waals surface area contributed by atoms with E-state index < -0.39 is 65.5 Å². The highest BCUT2D eigenvalue weighted by Crippen LogP contribution is 2.26. The summed E-state index contributed by atoms with van der Waals surface area (Å²) in [5.74, 6) is 0.224. The third-order valence-corrected chi connectivity index (χ3v) is 8.24. The fourth-order valence-electron chi connectivity index (χ4n) is 3.45. The van der Waals surface area contributed by atoms with Gasteiger partial charge in [0.2, 0.25) is 0 Å². The van der Waals surface area contributed by atoms with Gasteiger partial charge in [0.1, 0.15) is 54.2 Å². The second kappa shape index (κ2) is 16.8. The van der Waals surface area contributed by atoms with E-state index in [-0.39, 0.29) is 30.5 Å². The van der Waals surface area contributed by atoms with Crippen molar-refractivity contribution in [3.8, 4) is 0 Å². The molecule has 9 atom stereocenters. The van der Waals surface area contributed by atoms with Gasteiger partial charge in [-0.25, -0.2) is 0 Å². The minimum absolute atomic E-state index is 0. The first kappa shape index (κ1) is 31.3. The summed E-state index contributed by atoms with van der Waals surface area (Å²) in [4.78, 5) is 0. The zero-order valence-electron chi connectivity index (χ0n) is 18.4. The van der Waals surface area contributed by atoms with Gasteiger partial charge in [0.25, 0.3) is 0 Å². The summed E-state index contributed by atoms with van der Waals surface area (Å²) >= 11 is 0. The maximum atomic E-state index is 10.7.